The molecule has 1 fully saturated rings. The Morgan fingerprint density at radius 1 is 1.00 bits per heavy atom. The normalized spacial score (nSPS) is 14.0. The monoisotopic (exact) mass is 427 g/mol. The average Bonchev–Trinajstić information content (AvgIpc) is 3.33. The molecule has 5 rings (SSSR count). The lowest BCUT2D eigenvalue weighted by Gasteiger charge is -2.18. The number of aromatic nitrogens is 3. The van der Waals surface area contributed by atoms with Gasteiger partial charge in [0.1, 0.15) is 11.2 Å². The zero-order valence-corrected chi connectivity index (χ0v) is 18.0. The molecule has 32 heavy (non-hydrogen) atoms. The van der Waals surface area contributed by atoms with E-state index in [0.29, 0.717) is 40.5 Å². The number of nitrogens with zero attached hydrogens (tertiary/aromatic N) is 3. The second-order valence-electron chi connectivity index (χ2n) is 8.07. The molecule has 2 aromatic heterocycles. The molecule has 0 saturated heterocycles. The van der Waals surface area contributed by atoms with Crippen LogP contribution in [0.3, 0.4) is 0 Å². The minimum atomic E-state index is -0.183. The zero-order valence-electron chi connectivity index (χ0n) is 18.0. The highest BCUT2D eigenvalue weighted by Gasteiger charge is 2.20. The van der Waals surface area contributed by atoms with Crippen LogP contribution < -0.4 is 15.0 Å². The molecule has 4 aromatic rings. The van der Waals surface area contributed by atoms with Gasteiger partial charge < -0.3 is 9.47 Å². The van der Waals surface area contributed by atoms with Crippen LogP contribution in [-0.4, -0.2) is 27.7 Å². The Labute approximate surface area is 186 Å². The molecule has 0 aliphatic heterocycles. The summed E-state index contributed by atoms with van der Waals surface area (Å²) in [5, 5.41) is 0. The predicted octanol–water partition coefficient (Wildman–Crippen LogP) is 4.70. The third-order valence-electron chi connectivity index (χ3n) is 5.90. The topological polar surface area (TPSA) is 66.2 Å². The number of fused-ring (bicyclic) bond motifs is 1. The highest BCUT2D eigenvalue weighted by Crippen LogP contribution is 2.33. The lowest BCUT2D eigenvalue weighted by molar-refractivity contribution is 0.201. The summed E-state index contributed by atoms with van der Waals surface area (Å²) in [6.07, 6.45) is 6.73. The summed E-state index contributed by atoms with van der Waals surface area (Å²) >= 11 is 0. The number of rotatable bonds is 6. The van der Waals surface area contributed by atoms with E-state index in [0.717, 1.165) is 18.4 Å². The predicted molar refractivity (Wildman–Crippen MR) is 124 cm³/mol. The van der Waals surface area contributed by atoms with Crippen molar-refractivity contribution in [2.45, 2.75) is 38.2 Å². The first-order valence-corrected chi connectivity index (χ1v) is 11.0. The van der Waals surface area contributed by atoms with Crippen LogP contribution in [-0.2, 0) is 6.42 Å². The Balaban J connectivity index is 1.64. The molecule has 0 spiro atoms. The molecular weight excluding hydrogens is 402 g/mol. The molecule has 162 valence electrons. The van der Waals surface area contributed by atoms with Crippen molar-refractivity contribution in [2.75, 3.05) is 7.11 Å². The van der Waals surface area contributed by atoms with Gasteiger partial charge in [-0.3, -0.25) is 9.36 Å². The molecule has 6 nitrogen and oxygen atoms in total. The Morgan fingerprint density at radius 3 is 2.59 bits per heavy atom. The largest absolute Gasteiger partial charge is 0.493 e. The first-order chi connectivity index (χ1) is 15.7. The van der Waals surface area contributed by atoms with Crippen molar-refractivity contribution in [3.63, 3.8) is 0 Å². The van der Waals surface area contributed by atoms with Crippen LogP contribution in [0.4, 0.5) is 0 Å². The maximum atomic E-state index is 13.6. The van der Waals surface area contributed by atoms with Crippen molar-refractivity contribution in [1.29, 1.82) is 0 Å². The molecule has 0 radical (unpaired) electrons. The molecule has 1 aliphatic carbocycles. The Hall–Kier alpha value is -3.67. The summed E-state index contributed by atoms with van der Waals surface area (Å²) in [6.45, 7) is 0. The van der Waals surface area contributed by atoms with Gasteiger partial charge in [0.2, 0.25) is 0 Å². The van der Waals surface area contributed by atoms with Gasteiger partial charge in [0.25, 0.3) is 5.56 Å². The summed E-state index contributed by atoms with van der Waals surface area (Å²) in [5.74, 6) is 1.30. The highest BCUT2D eigenvalue weighted by molar-refractivity contribution is 5.72. The van der Waals surface area contributed by atoms with E-state index in [-0.39, 0.29) is 11.7 Å². The Kier molecular flexibility index (Phi) is 5.58. The Bertz CT molecular complexity index is 1290. The Morgan fingerprint density at radius 2 is 1.81 bits per heavy atom. The van der Waals surface area contributed by atoms with Gasteiger partial charge in [-0.1, -0.05) is 30.3 Å². The zero-order chi connectivity index (χ0) is 21.9. The number of hydrogen-bond donors (Lipinski definition) is 0. The van der Waals surface area contributed by atoms with Crippen molar-refractivity contribution in [2.24, 2.45) is 0 Å². The van der Waals surface area contributed by atoms with Crippen LogP contribution in [0.2, 0.25) is 0 Å². The standard InChI is InChI=1S/C26H25N3O3/c1-31-23-14-13-19(17-24(23)32-20-10-5-6-11-20)29-25-21(12-7-15-27-25)28-22(26(29)30)16-18-8-3-2-4-9-18/h2-4,7-9,12-15,17,20H,5-6,10-11,16H2,1H3. The molecule has 1 saturated carbocycles. The summed E-state index contributed by atoms with van der Waals surface area (Å²) in [5.41, 5.74) is 3.21. The smallest absolute Gasteiger partial charge is 0.278 e. The second kappa shape index (κ2) is 8.83. The summed E-state index contributed by atoms with van der Waals surface area (Å²) in [7, 11) is 1.63. The van der Waals surface area contributed by atoms with Crippen LogP contribution in [0.15, 0.2) is 71.7 Å². The van der Waals surface area contributed by atoms with Crippen molar-refractivity contribution in [1.82, 2.24) is 14.5 Å². The van der Waals surface area contributed by atoms with E-state index in [2.05, 4.69) is 9.97 Å². The number of hydrogen-bond acceptors (Lipinski definition) is 5. The quantitative estimate of drug-likeness (QED) is 0.446. The van der Waals surface area contributed by atoms with E-state index >= 15 is 0 Å². The average molecular weight is 428 g/mol. The molecule has 1 aliphatic rings. The molecule has 0 unspecified atom stereocenters. The molecule has 0 N–H and O–H groups in total. The van der Waals surface area contributed by atoms with Crippen LogP contribution >= 0.6 is 0 Å². The minimum absolute atomic E-state index is 0.178. The number of ether oxygens (including phenoxy) is 2. The highest BCUT2D eigenvalue weighted by atomic mass is 16.5. The van der Waals surface area contributed by atoms with Crippen LogP contribution in [0.25, 0.3) is 16.9 Å². The lowest BCUT2D eigenvalue weighted by atomic mass is 10.1. The van der Waals surface area contributed by atoms with Crippen LogP contribution in [0, 0.1) is 0 Å². The summed E-state index contributed by atoms with van der Waals surface area (Å²) in [4.78, 5) is 22.7. The van der Waals surface area contributed by atoms with Gasteiger partial charge in [0, 0.05) is 18.7 Å². The van der Waals surface area contributed by atoms with E-state index in [4.69, 9.17) is 9.47 Å². The fraction of sp³-hybridized carbons (Fsp3) is 0.269. The van der Waals surface area contributed by atoms with Gasteiger partial charge in [-0.05, 0) is 55.5 Å². The van der Waals surface area contributed by atoms with Gasteiger partial charge in [-0.25, -0.2) is 9.97 Å². The van der Waals surface area contributed by atoms with Gasteiger partial charge >= 0.3 is 0 Å². The van der Waals surface area contributed by atoms with Crippen LogP contribution in [0.1, 0.15) is 36.9 Å². The molecule has 2 aromatic carbocycles. The maximum Gasteiger partial charge on any atom is 0.278 e. The number of methoxy groups -OCH3 is 1. The van der Waals surface area contributed by atoms with Crippen LogP contribution in [0.5, 0.6) is 11.5 Å². The van der Waals surface area contributed by atoms with Crippen molar-refractivity contribution in [3.05, 3.63) is 88.5 Å². The molecule has 0 amide bonds. The fourth-order valence-corrected chi connectivity index (χ4v) is 4.29. The van der Waals surface area contributed by atoms with Gasteiger partial charge in [0.15, 0.2) is 17.1 Å². The van der Waals surface area contributed by atoms with Crippen molar-refractivity contribution < 1.29 is 9.47 Å². The van der Waals surface area contributed by atoms with Gasteiger partial charge in [-0.15, -0.1) is 0 Å². The summed E-state index contributed by atoms with van der Waals surface area (Å²) in [6, 6.07) is 19.2. The first-order valence-electron chi connectivity index (χ1n) is 11.0. The number of benzene rings is 2. The van der Waals surface area contributed by atoms with E-state index < -0.39 is 0 Å². The van der Waals surface area contributed by atoms with Crippen molar-refractivity contribution >= 4 is 11.2 Å². The van der Waals surface area contributed by atoms with E-state index in [1.165, 1.54) is 12.8 Å². The lowest BCUT2D eigenvalue weighted by Crippen LogP contribution is -2.25. The minimum Gasteiger partial charge on any atom is -0.493 e. The molecule has 0 atom stereocenters. The summed E-state index contributed by atoms with van der Waals surface area (Å²) < 4.78 is 13.4. The van der Waals surface area contributed by atoms with E-state index in [1.54, 1.807) is 17.9 Å². The second-order valence-corrected chi connectivity index (χ2v) is 8.07. The van der Waals surface area contributed by atoms with E-state index in [9.17, 15) is 4.79 Å². The SMILES string of the molecule is COc1ccc(-n2c(=O)c(Cc3ccccc3)nc3cccnc32)cc1OC1CCCC1. The van der Waals surface area contributed by atoms with Gasteiger partial charge in [-0.2, -0.15) is 0 Å². The van der Waals surface area contributed by atoms with Crippen molar-refractivity contribution in [3.8, 4) is 17.2 Å². The number of pyridine rings is 1. The van der Waals surface area contributed by atoms with Gasteiger partial charge in [0.05, 0.1) is 18.9 Å². The molecular formula is C26H25N3O3. The third-order valence-corrected chi connectivity index (χ3v) is 5.90. The molecule has 0 bridgehead atoms. The third kappa shape index (κ3) is 3.96. The molecule has 6 heteroatoms. The first kappa shape index (κ1) is 20.2. The van der Waals surface area contributed by atoms with E-state index in [1.807, 2.05) is 60.7 Å². The maximum absolute atomic E-state index is 13.6. The molecule has 2 heterocycles. The fourth-order valence-electron chi connectivity index (χ4n) is 4.29.